The Bertz CT molecular complexity index is 555. The van der Waals surface area contributed by atoms with E-state index in [1.807, 2.05) is 43.3 Å². The molecule has 1 heterocycles. The number of hydrogen-bond acceptors (Lipinski definition) is 3. The minimum absolute atomic E-state index is 0.151. The highest BCUT2D eigenvalue weighted by Crippen LogP contribution is 2.13. The van der Waals surface area contributed by atoms with Crippen molar-refractivity contribution < 1.29 is 9.90 Å². The quantitative estimate of drug-likeness (QED) is 0.877. The van der Waals surface area contributed by atoms with Gasteiger partial charge in [0.1, 0.15) is 5.69 Å². The van der Waals surface area contributed by atoms with E-state index in [2.05, 4.69) is 10.3 Å². The molecule has 0 saturated carbocycles. The van der Waals surface area contributed by atoms with Gasteiger partial charge in [-0.05, 0) is 24.1 Å². The van der Waals surface area contributed by atoms with E-state index in [-0.39, 0.29) is 12.5 Å². The zero-order valence-electron chi connectivity index (χ0n) is 10.7. The lowest BCUT2D eigenvalue weighted by Gasteiger charge is -2.16. The summed E-state index contributed by atoms with van der Waals surface area (Å²) in [4.78, 5) is 16.2. The zero-order chi connectivity index (χ0) is 13.7. The van der Waals surface area contributed by atoms with Gasteiger partial charge in [-0.15, -0.1) is 0 Å². The van der Waals surface area contributed by atoms with Crippen LogP contribution in [0.1, 0.15) is 27.7 Å². The van der Waals surface area contributed by atoms with Crippen LogP contribution in [0, 0.1) is 6.92 Å². The van der Waals surface area contributed by atoms with Crippen molar-refractivity contribution in [3.63, 3.8) is 0 Å². The van der Waals surface area contributed by atoms with Gasteiger partial charge in [-0.1, -0.05) is 36.4 Å². The van der Waals surface area contributed by atoms with Gasteiger partial charge in [0.05, 0.1) is 12.6 Å². The fourth-order valence-corrected chi connectivity index (χ4v) is 1.87. The molecule has 4 heteroatoms. The molecular weight excluding hydrogens is 240 g/mol. The van der Waals surface area contributed by atoms with E-state index in [4.69, 9.17) is 0 Å². The summed E-state index contributed by atoms with van der Waals surface area (Å²) in [6.45, 7) is 1.68. The van der Waals surface area contributed by atoms with E-state index in [0.717, 1.165) is 11.1 Å². The molecule has 0 aliphatic heterocycles. The Kier molecular flexibility index (Phi) is 4.26. The van der Waals surface area contributed by atoms with Crippen LogP contribution in [0.3, 0.4) is 0 Å². The number of hydrogen-bond donors (Lipinski definition) is 2. The van der Waals surface area contributed by atoms with Crippen LogP contribution >= 0.6 is 0 Å². The van der Waals surface area contributed by atoms with Crippen molar-refractivity contribution in [3.05, 3.63) is 65.5 Å². The summed E-state index contributed by atoms with van der Waals surface area (Å²) in [5.41, 5.74) is 2.06. The average molecular weight is 256 g/mol. The second kappa shape index (κ2) is 6.11. The smallest absolute Gasteiger partial charge is 0.270 e. The third-order valence-corrected chi connectivity index (χ3v) is 2.91. The van der Waals surface area contributed by atoms with E-state index in [1.165, 1.54) is 0 Å². The zero-order valence-corrected chi connectivity index (χ0v) is 10.7. The highest BCUT2D eigenvalue weighted by molar-refractivity contribution is 5.93. The van der Waals surface area contributed by atoms with Crippen molar-refractivity contribution in [1.82, 2.24) is 10.3 Å². The summed E-state index contributed by atoms with van der Waals surface area (Å²) >= 11 is 0. The predicted molar refractivity (Wildman–Crippen MR) is 72.7 cm³/mol. The van der Waals surface area contributed by atoms with Crippen LogP contribution in [-0.2, 0) is 0 Å². The normalized spacial score (nSPS) is 11.9. The molecule has 0 bridgehead atoms. The maximum absolute atomic E-state index is 12.1. The summed E-state index contributed by atoms with van der Waals surface area (Å²) < 4.78 is 0. The predicted octanol–water partition coefficient (Wildman–Crippen LogP) is 1.85. The molecule has 0 radical (unpaired) electrons. The third-order valence-electron chi connectivity index (χ3n) is 2.91. The van der Waals surface area contributed by atoms with Crippen LogP contribution < -0.4 is 5.32 Å². The number of nitrogens with one attached hydrogen (secondary N) is 1. The molecule has 2 aromatic rings. The number of nitrogens with zero attached hydrogens (tertiary/aromatic N) is 1. The molecule has 2 N–H and O–H groups in total. The van der Waals surface area contributed by atoms with Gasteiger partial charge in [-0.25, -0.2) is 0 Å². The SMILES string of the molecule is Cc1cccnc1C(=O)N[C@@H](CO)c1ccccc1. The van der Waals surface area contributed by atoms with Crippen molar-refractivity contribution in [1.29, 1.82) is 0 Å². The fraction of sp³-hybridized carbons (Fsp3) is 0.200. The Hall–Kier alpha value is -2.20. The van der Waals surface area contributed by atoms with Crippen LogP contribution in [-0.4, -0.2) is 22.6 Å². The Morgan fingerprint density at radius 3 is 2.63 bits per heavy atom. The number of carbonyl (C=O) groups excluding carboxylic acids is 1. The average Bonchev–Trinajstić information content (AvgIpc) is 2.46. The van der Waals surface area contributed by atoms with Crippen molar-refractivity contribution in [2.75, 3.05) is 6.61 Å². The number of benzene rings is 1. The van der Waals surface area contributed by atoms with E-state index < -0.39 is 6.04 Å². The lowest BCUT2D eigenvalue weighted by Crippen LogP contribution is -2.31. The monoisotopic (exact) mass is 256 g/mol. The van der Waals surface area contributed by atoms with Crippen molar-refractivity contribution in [2.24, 2.45) is 0 Å². The lowest BCUT2D eigenvalue weighted by molar-refractivity contribution is 0.0910. The van der Waals surface area contributed by atoms with Gasteiger partial charge < -0.3 is 10.4 Å². The lowest BCUT2D eigenvalue weighted by atomic mass is 10.1. The van der Waals surface area contributed by atoms with Crippen LogP contribution in [0.25, 0.3) is 0 Å². The molecule has 0 aliphatic rings. The number of aliphatic hydroxyl groups is 1. The molecule has 0 spiro atoms. The van der Waals surface area contributed by atoms with Gasteiger partial charge in [0.2, 0.25) is 0 Å². The van der Waals surface area contributed by atoms with Crippen LogP contribution in [0.4, 0.5) is 0 Å². The molecule has 1 aromatic heterocycles. The van der Waals surface area contributed by atoms with Crippen molar-refractivity contribution in [3.8, 4) is 0 Å². The molecule has 98 valence electrons. The number of aliphatic hydroxyl groups excluding tert-OH is 1. The molecule has 0 unspecified atom stereocenters. The van der Waals surface area contributed by atoms with Crippen molar-refractivity contribution >= 4 is 5.91 Å². The van der Waals surface area contributed by atoms with E-state index in [0.29, 0.717) is 5.69 Å². The highest BCUT2D eigenvalue weighted by atomic mass is 16.3. The highest BCUT2D eigenvalue weighted by Gasteiger charge is 2.16. The molecule has 4 nitrogen and oxygen atoms in total. The summed E-state index contributed by atoms with van der Waals surface area (Å²) in [6, 6.07) is 12.6. The van der Waals surface area contributed by atoms with Gasteiger partial charge in [0.15, 0.2) is 0 Å². The molecular formula is C15H16N2O2. The first-order valence-electron chi connectivity index (χ1n) is 6.10. The number of amides is 1. The molecule has 0 fully saturated rings. The van der Waals surface area contributed by atoms with Crippen molar-refractivity contribution in [2.45, 2.75) is 13.0 Å². The third kappa shape index (κ3) is 3.17. The van der Waals surface area contributed by atoms with Gasteiger partial charge in [0, 0.05) is 6.20 Å². The molecule has 1 amide bonds. The summed E-state index contributed by atoms with van der Waals surface area (Å²) in [7, 11) is 0. The maximum Gasteiger partial charge on any atom is 0.270 e. The number of pyridine rings is 1. The second-order valence-corrected chi connectivity index (χ2v) is 4.29. The van der Waals surface area contributed by atoms with Crippen LogP contribution in [0.15, 0.2) is 48.7 Å². The molecule has 19 heavy (non-hydrogen) atoms. The first-order valence-corrected chi connectivity index (χ1v) is 6.10. The molecule has 1 atom stereocenters. The molecule has 0 saturated heterocycles. The first kappa shape index (κ1) is 13.2. The minimum atomic E-state index is -0.421. The van der Waals surface area contributed by atoms with Gasteiger partial charge in [0.25, 0.3) is 5.91 Å². The van der Waals surface area contributed by atoms with Crippen LogP contribution in [0.2, 0.25) is 0 Å². The summed E-state index contributed by atoms with van der Waals surface area (Å²) in [5, 5.41) is 12.2. The Labute approximate surface area is 112 Å². The standard InChI is InChI=1S/C15H16N2O2/c1-11-6-5-9-16-14(11)15(19)17-13(10-18)12-7-3-2-4-8-12/h2-9,13,18H,10H2,1H3,(H,17,19)/t13-/m0/s1. The number of rotatable bonds is 4. The Balaban J connectivity index is 2.16. The Morgan fingerprint density at radius 1 is 1.26 bits per heavy atom. The summed E-state index contributed by atoms with van der Waals surface area (Å²) in [5.74, 6) is -0.277. The van der Waals surface area contributed by atoms with E-state index in [1.54, 1.807) is 12.3 Å². The molecule has 2 rings (SSSR count). The van der Waals surface area contributed by atoms with Gasteiger partial charge in [-0.2, -0.15) is 0 Å². The largest absolute Gasteiger partial charge is 0.394 e. The number of carbonyl (C=O) groups is 1. The number of aromatic nitrogens is 1. The molecule has 1 aromatic carbocycles. The Morgan fingerprint density at radius 2 is 2.00 bits per heavy atom. The second-order valence-electron chi connectivity index (χ2n) is 4.29. The maximum atomic E-state index is 12.1. The fourth-order valence-electron chi connectivity index (χ4n) is 1.87. The topological polar surface area (TPSA) is 62.2 Å². The minimum Gasteiger partial charge on any atom is -0.394 e. The number of aryl methyl sites for hydroxylation is 1. The van der Waals surface area contributed by atoms with Gasteiger partial charge >= 0.3 is 0 Å². The summed E-state index contributed by atoms with van der Waals surface area (Å²) in [6.07, 6.45) is 1.58. The van der Waals surface area contributed by atoms with E-state index in [9.17, 15) is 9.90 Å². The molecule has 0 aliphatic carbocycles. The van der Waals surface area contributed by atoms with Gasteiger partial charge in [-0.3, -0.25) is 9.78 Å². The van der Waals surface area contributed by atoms with Crippen LogP contribution in [0.5, 0.6) is 0 Å². The van der Waals surface area contributed by atoms with E-state index >= 15 is 0 Å². The first-order chi connectivity index (χ1) is 9.22.